The lowest BCUT2D eigenvalue weighted by molar-refractivity contribution is 0.666. The predicted molar refractivity (Wildman–Crippen MR) is 228 cm³/mol. The van der Waals surface area contributed by atoms with Crippen molar-refractivity contribution in [1.82, 2.24) is 15.0 Å². The molecule has 1 aromatic heterocycles. The van der Waals surface area contributed by atoms with Crippen molar-refractivity contribution in [3.8, 4) is 56.4 Å². The van der Waals surface area contributed by atoms with Crippen LogP contribution in [0.3, 0.4) is 0 Å². The van der Waals surface area contributed by atoms with Crippen LogP contribution in [0.25, 0.3) is 78.3 Å². The number of benzene rings is 7. The van der Waals surface area contributed by atoms with Gasteiger partial charge in [0.25, 0.3) is 0 Å². The molecule has 2 aliphatic carbocycles. The summed E-state index contributed by atoms with van der Waals surface area (Å²) in [4.78, 5) is 14.9. The number of aromatic nitrogens is 3. The Morgan fingerprint density at radius 2 is 0.945 bits per heavy atom. The average molecular weight is 706 g/mol. The molecular formula is C52H39N3. The third-order valence-electron chi connectivity index (χ3n) is 11.4. The van der Waals surface area contributed by atoms with Crippen LogP contribution in [-0.2, 0) is 5.41 Å². The number of nitrogens with zero attached hydrogens (tertiary/aromatic N) is 3. The first-order valence-electron chi connectivity index (χ1n) is 19.2. The summed E-state index contributed by atoms with van der Waals surface area (Å²) in [6, 6.07) is 58.2. The number of allylic oxidation sites excluding steroid dienone is 4. The largest absolute Gasteiger partial charge is 0.208 e. The molecule has 0 spiro atoms. The van der Waals surface area contributed by atoms with Crippen molar-refractivity contribution in [2.75, 3.05) is 0 Å². The van der Waals surface area contributed by atoms with Gasteiger partial charge in [-0.3, -0.25) is 0 Å². The zero-order chi connectivity index (χ0) is 36.9. The predicted octanol–water partition coefficient (Wildman–Crippen LogP) is 13.3. The van der Waals surface area contributed by atoms with Gasteiger partial charge in [0.15, 0.2) is 17.5 Å². The highest BCUT2D eigenvalue weighted by atomic mass is 15.0. The fourth-order valence-corrected chi connectivity index (χ4v) is 8.65. The molecule has 0 unspecified atom stereocenters. The van der Waals surface area contributed by atoms with Crippen molar-refractivity contribution in [3.63, 3.8) is 0 Å². The number of hydrogen-bond donors (Lipinski definition) is 0. The Morgan fingerprint density at radius 3 is 1.60 bits per heavy atom. The molecule has 3 nitrogen and oxygen atoms in total. The van der Waals surface area contributed by atoms with E-state index in [-0.39, 0.29) is 5.41 Å². The quantitative estimate of drug-likeness (QED) is 0.173. The second-order valence-electron chi connectivity index (χ2n) is 15.1. The summed E-state index contributed by atoms with van der Waals surface area (Å²) in [5.74, 6) is 1.98. The first-order valence-corrected chi connectivity index (χ1v) is 19.2. The number of fused-ring (bicyclic) bond motifs is 5. The molecule has 2 aliphatic rings. The third kappa shape index (κ3) is 5.80. The van der Waals surface area contributed by atoms with Crippen LogP contribution >= 0.6 is 0 Å². The molecule has 7 aromatic carbocycles. The molecule has 10 rings (SSSR count). The number of hydrogen-bond acceptors (Lipinski definition) is 3. The van der Waals surface area contributed by atoms with Crippen LogP contribution in [0.1, 0.15) is 48.9 Å². The Labute approximate surface area is 322 Å². The summed E-state index contributed by atoms with van der Waals surface area (Å²) in [7, 11) is 0. The van der Waals surface area contributed by atoms with E-state index in [1.54, 1.807) is 0 Å². The third-order valence-corrected chi connectivity index (χ3v) is 11.4. The second kappa shape index (κ2) is 13.3. The zero-order valence-electron chi connectivity index (χ0n) is 31.0. The van der Waals surface area contributed by atoms with Gasteiger partial charge >= 0.3 is 0 Å². The van der Waals surface area contributed by atoms with Crippen LogP contribution in [0.4, 0.5) is 0 Å². The van der Waals surface area contributed by atoms with Crippen LogP contribution in [0, 0.1) is 0 Å². The molecular weight excluding hydrogens is 667 g/mol. The van der Waals surface area contributed by atoms with Crippen molar-refractivity contribution >= 4 is 21.9 Å². The summed E-state index contributed by atoms with van der Waals surface area (Å²) < 4.78 is 0. The van der Waals surface area contributed by atoms with E-state index in [2.05, 4.69) is 129 Å². The summed E-state index contributed by atoms with van der Waals surface area (Å²) in [5, 5.41) is 2.63. The molecule has 0 radical (unpaired) electrons. The lowest BCUT2D eigenvalue weighted by Crippen LogP contribution is -2.16. The molecule has 0 saturated carbocycles. The fourth-order valence-electron chi connectivity index (χ4n) is 8.65. The van der Waals surface area contributed by atoms with Gasteiger partial charge in [0.05, 0.1) is 0 Å². The molecule has 0 bridgehead atoms. The van der Waals surface area contributed by atoms with Crippen LogP contribution < -0.4 is 0 Å². The minimum Gasteiger partial charge on any atom is -0.208 e. The van der Waals surface area contributed by atoms with E-state index in [1.165, 1.54) is 60.9 Å². The van der Waals surface area contributed by atoms with Crippen molar-refractivity contribution in [2.45, 2.75) is 32.1 Å². The topological polar surface area (TPSA) is 38.7 Å². The van der Waals surface area contributed by atoms with E-state index in [1.807, 2.05) is 60.7 Å². The minimum absolute atomic E-state index is 0.197. The van der Waals surface area contributed by atoms with E-state index in [4.69, 9.17) is 15.0 Å². The van der Waals surface area contributed by atoms with Gasteiger partial charge in [-0.25, -0.2) is 15.0 Å². The fraction of sp³-hybridized carbons (Fsp3) is 0.0962. The van der Waals surface area contributed by atoms with Gasteiger partial charge in [0.2, 0.25) is 0 Å². The monoisotopic (exact) mass is 705 g/mol. The molecule has 8 aromatic rings. The minimum atomic E-state index is -0.197. The molecule has 0 N–H and O–H groups in total. The summed E-state index contributed by atoms with van der Waals surface area (Å²) >= 11 is 0. The first-order chi connectivity index (χ1) is 27.0. The number of rotatable bonds is 6. The Hall–Kier alpha value is -6.71. The van der Waals surface area contributed by atoms with Gasteiger partial charge in [0.1, 0.15) is 0 Å². The average Bonchev–Trinajstić information content (AvgIpc) is 3.50. The molecule has 0 fully saturated rings. The lowest BCUT2D eigenvalue weighted by Gasteiger charge is -2.25. The maximum Gasteiger partial charge on any atom is 0.164 e. The summed E-state index contributed by atoms with van der Waals surface area (Å²) in [6.07, 6.45) is 6.75. The van der Waals surface area contributed by atoms with Gasteiger partial charge in [-0.05, 0) is 97.5 Å². The summed E-state index contributed by atoms with van der Waals surface area (Å²) in [5.41, 5.74) is 16.0. The van der Waals surface area contributed by atoms with Gasteiger partial charge in [-0.15, -0.1) is 0 Å². The molecule has 262 valence electrons. The second-order valence-corrected chi connectivity index (χ2v) is 15.1. The van der Waals surface area contributed by atoms with Gasteiger partial charge < -0.3 is 0 Å². The van der Waals surface area contributed by atoms with Crippen LogP contribution in [0.2, 0.25) is 0 Å². The molecule has 1 heterocycles. The van der Waals surface area contributed by atoms with Crippen molar-refractivity contribution < 1.29 is 0 Å². The molecule has 3 heteroatoms. The van der Waals surface area contributed by atoms with E-state index >= 15 is 0 Å². The Kier molecular flexibility index (Phi) is 7.96. The van der Waals surface area contributed by atoms with E-state index in [0.717, 1.165) is 35.1 Å². The summed E-state index contributed by atoms with van der Waals surface area (Å²) in [6.45, 7) is 4.80. The lowest BCUT2D eigenvalue weighted by atomic mass is 9.78. The molecule has 0 atom stereocenters. The van der Waals surface area contributed by atoms with Crippen molar-refractivity contribution in [3.05, 3.63) is 198 Å². The van der Waals surface area contributed by atoms with Gasteiger partial charge in [0, 0.05) is 22.1 Å². The van der Waals surface area contributed by atoms with Gasteiger partial charge in [-0.1, -0.05) is 172 Å². The van der Waals surface area contributed by atoms with Gasteiger partial charge in [-0.2, -0.15) is 0 Å². The SMILES string of the molecule is CC1(C)c2cc(-c3cccc(-c4nc(-c5ccccc5)nc(-c5ccccc5)n4)c3)ccc2-c2c(C3=CC=C(c4ccccc4)CC3)cc3ccccc3c21. The first kappa shape index (κ1) is 32.9. The van der Waals surface area contributed by atoms with E-state index in [9.17, 15) is 0 Å². The Bertz CT molecular complexity index is 2760. The zero-order valence-corrected chi connectivity index (χ0v) is 31.0. The molecule has 0 saturated heterocycles. The molecule has 55 heavy (non-hydrogen) atoms. The standard InChI is InChI=1S/C52H39N3/c1-52(2)46-33-40(39-22-14-23-42(31-39)51-54-49(37-17-8-4-9-18-37)53-50(55-51)38-19-10-5-11-20-38)29-30-44(46)47-45(32-41-21-12-13-24-43(41)48(47)52)36-27-25-35(26-28-36)34-15-6-3-7-16-34/h3-25,27,29-33H,26,28H2,1-2H3. The Morgan fingerprint density at radius 1 is 0.418 bits per heavy atom. The smallest absolute Gasteiger partial charge is 0.164 e. The van der Waals surface area contributed by atoms with Crippen molar-refractivity contribution in [2.24, 2.45) is 0 Å². The molecule has 0 amide bonds. The highest BCUT2D eigenvalue weighted by Crippen LogP contribution is 2.55. The highest BCUT2D eigenvalue weighted by molar-refractivity contribution is 6.03. The van der Waals surface area contributed by atoms with E-state index in [0.29, 0.717) is 17.5 Å². The maximum atomic E-state index is 5.02. The van der Waals surface area contributed by atoms with Crippen molar-refractivity contribution in [1.29, 1.82) is 0 Å². The highest BCUT2D eigenvalue weighted by Gasteiger charge is 2.39. The van der Waals surface area contributed by atoms with Crippen LogP contribution in [-0.4, -0.2) is 15.0 Å². The Balaban J connectivity index is 1.08. The van der Waals surface area contributed by atoms with E-state index < -0.39 is 0 Å². The van der Waals surface area contributed by atoms with Crippen LogP contribution in [0.5, 0.6) is 0 Å². The maximum absolute atomic E-state index is 5.02. The molecule has 0 aliphatic heterocycles. The normalized spacial score (nSPS) is 14.2. The van der Waals surface area contributed by atoms with Crippen LogP contribution in [0.15, 0.2) is 176 Å².